The quantitative estimate of drug-likeness (QED) is 0.832. The van der Waals surface area contributed by atoms with Crippen LogP contribution in [0.25, 0.3) is 5.69 Å². The predicted octanol–water partition coefficient (Wildman–Crippen LogP) is 1.97. The fourth-order valence-corrected chi connectivity index (χ4v) is 1.67. The molecular formula is C13H17N5O. The van der Waals surface area contributed by atoms with Crippen LogP contribution in [0.2, 0.25) is 0 Å². The van der Waals surface area contributed by atoms with E-state index in [4.69, 9.17) is 4.74 Å². The lowest BCUT2D eigenvalue weighted by Crippen LogP contribution is -2.06. The van der Waals surface area contributed by atoms with Crippen LogP contribution in [0.4, 0.5) is 5.69 Å². The largest absolute Gasteiger partial charge is 0.494 e. The van der Waals surface area contributed by atoms with Gasteiger partial charge in [0, 0.05) is 12.2 Å². The van der Waals surface area contributed by atoms with Crippen LogP contribution in [0.5, 0.6) is 5.75 Å². The molecule has 0 fully saturated rings. The van der Waals surface area contributed by atoms with Crippen molar-refractivity contribution in [1.82, 2.24) is 20.2 Å². The average Bonchev–Trinajstić information content (AvgIpc) is 2.82. The zero-order valence-electron chi connectivity index (χ0n) is 11.3. The van der Waals surface area contributed by atoms with Crippen LogP contribution in [0.3, 0.4) is 0 Å². The number of aromatic nitrogens is 4. The number of hydrogen-bond donors (Lipinski definition) is 1. The minimum atomic E-state index is 0.704. The van der Waals surface area contributed by atoms with E-state index in [1.807, 2.05) is 32.0 Å². The molecule has 0 radical (unpaired) electrons. The van der Waals surface area contributed by atoms with E-state index < -0.39 is 0 Å². The Morgan fingerprint density at radius 2 is 2.26 bits per heavy atom. The Kier molecular flexibility index (Phi) is 3.79. The highest BCUT2D eigenvalue weighted by atomic mass is 16.5. The van der Waals surface area contributed by atoms with Crippen molar-refractivity contribution in [2.45, 2.75) is 13.8 Å². The van der Waals surface area contributed by atoms with Gasteiger partial charge in [-0.2, -0.15) is 4.68 Å². The monoisotopic (exact) mass is 259 g/mol. The first-order valence-corrected chi connectivity index (χ1v) is 5.93. The average molecular weight is 259 g/mol. The summed E-state index contributed by atoms with van der Waals surface area (Å²) in [5.74, 6) is 1.42. The first-order valence-electron chi connectivity index (χ1n) is 5.93. The van der Waals surface area contributed by atoms with Crippen LogP contribution >= 0.6 is 0 Å². The van der Waals surface area contributed by atoms with E-state index in [0.29, 0.717) is 5.82 Å². The Morgan fingerprint density at radius 3 is 2.84 bits per heavy atom. The van der Waals surface area contributed by atoms with E-state index in [-0.39, 0.29) is 0 Å². The van der Waals surface area contributed by atoms with Gasteiger partial charge in [-0.15, -0.1) is 5.10 Å². The lowest BCUT2D eigenvalue weighted by molar-refractivity contribution is 0.411. The summed E-state index contributed by atoms with van der Waals surface area (Å²) in [6, 6.07) is 5.79. The van der Waals surface area contributed by atoms with Crippen molar-refractivity contribution in [2.24, 2.45) is 0 Å². The second kappa shape index (κ2) is 5.51. The van der Waals surface area contributed by atoms with Gasteiger partial charge in [-0.1, -0.05) is 12.2 Å². The number of methoxy groups -OCH3 is 1. The van der Waals surface area contributed by atoms with Crippen molar-refractivity contribution >= 4 is 5.69 Å². The summed E-state index contributed by atoms with van der Waals surface area (Å²) < 4.78 is 6.99. The maximum absolute atomic E-state index is 5.34. The van der Waals surface area contributed by atoms with E-state index >= 15 is 0 Å². The molecule has 0 unspecified atom stereocenters. The molecule has 6 heteroatoms. The number of ether oxygens (including phenoxy) is 1. The number of aryl methyl sites for hydroxylation is 1. The summed E-state index contributed by atoms with van der Waals surface area (Å²) in [7, 11) is 1.62. The molecule has 0 bridgehead atoms. The Labute approximate surface area is 112 Å². The molecule has 0 saturated carbocycles. The van der Waals surface area contributed by atoms with E-state index in [9.17, 15) is 0 Å². The molecule has 0 atom stereocenters. The van der Waals surface area contributed by atoms with Gasteiger partial charge in [0.15, 0.2) is 5.82 Å². The minimum Gasteiger partial charge on any atom is -0.494 e. The van der Waals surface area contributed by atoms with Gasteiger partial charge in [0.05, 0.1) is 7.11 Å². The van der Waals surface area contributed by atoms with E-state index in [2.05, 4.69) is 27.4 Å². The van der Waals surface area contributed by atoms with Gasteiger partial charge in [0.2, 0.25) is 0 Å². The molecule has 1 heterocycles. The van der Waals surface area contributed by atoms with E-state index in [1.54, 1.807) is 11.8 Å². The summed E-state index contributed by atoms with van der Waals surface area (Å²) in [4.78, 5) is 0. The molecule has 6 nitrogen and oxygen atoms in total. The minimum absolute atomic E-state index is 0.704. The number of hydrogen-bond acceptors (Lipinski definition) is 5. The third kappa shape index (κ3) is 2.90. The van der Waals surface area contributed by atoms with Gasteiger partial charge in [-0.05, 0) is 42.5 Å². The van der Waals surface area contributed by atoms with Gasteiger partial charge >= 0.3 is 0 Å². The van der Waals surface area contributed by atoms with E-state index in [1.165, 1.54) is 0 Å². The number of anilines is 1. The van der Waals surface area contributed by atoms with Crippen molar-refractivity contribution < 1.29 is 4.74 Å². The second-order valence-electron chi connectivity index (χ2n) is 4.34. The highest BCUT2D eigenvalue weighted by Crippen LogP contribution is 2.26. The highest BCUT2D eigenvalue weighted by molar-refractivity contribution is 5.58. The molecule has 0 amide bonds. The maximum atomic E-state index is 5.34. The van der Waals surface area contributed by atoms with Crippen LogP contribution in [0.15, 0.2) is 30.4 Å². The lowest BCUT2D eigenvalue weighted by atomic mass is 10.2. The molecule has 0 aliphatic carbocycles. The van der Waals surface area contributed by atoms with Crippen LogP contribution in [0.1, 0.15) is 12.7 Å². The van der Waals surface area contributed by atoms with Crippen molar-refractivity contribution in [3.63, 3.8) is 0 Å². The first-order chi connectivity index (χ1) is 9.11. The van der Waals surface area contributed by atoms with Crippen LogP contribution < -0.4 is 10.1 Å². The number of benzene rings is 1. The fraction of sp³-hybridized carbons (Fsp3) is 0.308. The maximum Gasteiger partial charge on any atom is 0.153 e. The fourth-order valence-electron chi connectivity index (χ4n) is 1.67. The Bertz CT molecular complexity index is 590. The summed E-state index contributed by atoms with van der Waals surface area (Å²) in [6.07, 6.45) is 0. The van der Waals surface area contributed by atoms with Crippen molar-refractivity contribution in [1.29, 1.82) is 0 Å². The SMILES string of the molecule is C=C(C)CNc1ccc(OC)c(-n2nnnc2C)c1. The molecule has 0 aliphatic rings. The molecule has 1 aromatic heterocycles. The Hall–Kier alpha value is -2.37. The summed E-state index contributed by atoms with van der Waals surface area (Å²) in [5.41, 5.74) is 2.83. The van der Waals surface area contributed by atoms with E-state index in [0.717, 1.165) is 29.2 Å². The number of nitrogens with one attached hydrogen (secondary N) is 1. The van der Waals surface area contributed by atoms with Gasteiger partial charge in [-0.25, -0.2) is 0 Å². The molecule has 0 spiro atoms. The van der Waals surface area contributed by atoms with Crippen LogP contribution in [-0.4, -0.2) is 33.9 Å². The molecular weight excluding hydrogens is 242 g/mol. The van der Waals surface area contributed by atoms with Crippen molar-refractivity contribution in [3.8, 4) is 11.4 Å². The second-order valence-corrected chi connectivity index (χ2v) is 4.34. The molecule has 100 valence electrons. The van der Waals surface area contributed by atoms with Crippen molar-refractivity contribution in [2.75, 3.05) is 19.0 Å². The summed E-state index contributed by atoms with van der Waals surface area (Å²) >= 11 is 0. The van der Waals surface area contributed by atoms with Gasteiger partial charge in [0.25, 0.3) is 0 Å². The number of nitrogens with zero attached hydrogens (tertiary/aromatic N) is 4. The predicted molar refractivity (Wildman–Crippen MR) is 73.7 cm³/mol. The molecule has 0 aliphatic heterocycles. The molecule has 1 aromatic carbocycles. The molecule has 0 saturated heterocycles. The molecule has 19 heavy (non-hydrogen) atoms. The zero-order valence-corrected chi connectivity index (χ0v) is 11.3. The van der Waals surface area contributed by atoms with Gasteiger partial charge in [0.1, 0.15) is 11.4 Å². The number of rotatable bonds is 5. The van der Waals surface area contributed by atoms with Gasteiger partial charge < -0.3 is 10.1 Å². The Morgan fingerprint density at radius 1 is 1.47 bits per heavy atom. The third-order valence-corrected chi connectivity index (χ3v) is 2.63. The number of tetrazole rings is 1. The van der Waals surface area contributed by atoms with Crippen LogP contribution in [-0.2, 0) is 0 Å². The third-order valence-electron chi connectivity index (χ3n) is 2.63. The topological polar surface area (TPSA) is 64.9 Å². The zero-order chi connectivity index (χ0) is 13.8. The summed E-state index contributed by atoms with van der Waals surface area (Å²) in [5, 5.41) is 14.8. The van der Waals surface area contributed by atoms with Crippen molar-refractivity contribution in [3.05, 3.63) is 36.2 Å². The van der Waals surface area contributed by atoms with Crippen LogP contribution in [0, 0.1) is 6.92 Å². The molecule has 2 aromatic rings. The molecule has 2 rings (SSSR count). The normalized spacial score (nSPS) is 10.3. The summed E-state index contributed by atoms with van der Waals surface area (Å²) in [6.45, 7) is 8.40. The smallest absolute Gasteiger partial charge is 0.153 e. The first kappa shape index (κ1) is 13.1. The lowest BCUT2D eigenvalue weighted by Gasteiger charge is -2.12. The highest BCUT2D eigenvalue weighted by Gasteiger charge is 2.10. The van der Waals surface area contributed by atoms with Gasteiger partial charge in [-0.3, -0.25) is 0 Å². The standard InChI is InChI=1S/C13H17N5O/c1-9(2)8-14-11-5-6-13(19-4)12(7-11)18-10(3)15-16-17-18/h5-7,14H,1,8H2,2-4H3. The molecule has 1 N–H and O–H groups in total. The Balaban J connectivity index is 2.37.